The van der Waals surface area contributed by atoms with Crippen molar-refractivity contribution in [2.75, 3.05) is 19.8 Å². The van der Waals surface area contributed by atoms with Crippen LogP contribution in [0.4, 0.5) is 0 Å². The minimum Gasteiger partial charge on any atom is -0.465 e. The van der Waals surface area contributed by atoms with Gasteiger partial charge in [0.15, 0.2) is 0 Å². The van der Waals surface area contributed by atoms with E-state index in [4.69, 9.17) is 4.74 Å². The number of likely N-dealkylation sites (tertiary alicyclic amines) is 1. The van der Waals surface area contributed by atoms with Crippen LogP contribution in [0.25, 0.3) is 0 Å². The summed E-state index contributed by atoms with van der Waals surface area (Å²) in [4.78, 5) is 45.3. The minimum atomic E-state index is -0.737. The smallest absolute Gasteiger partial charge is 0.310 e. The van der Waals surface area contributed by atoms with Gasteiger partial charge in [-0.3, -0.25) is 14.4 Å². The molecule has 1 N–H and O–H groups in total. The van der Waals surface area contributed by atoms with Gasteiger partial charge >= 0.3 is 5.97 Å². The van der Waals surface area contributed by atoms with Gasteiger partial charge < -0.3 is 19.6 Å². The number of ether oxygens (including phenoxy) is 1. The van der Waals surface area contributed by atoms with Crippen molar-refractivity contribution in [2.24, 2.45) is 17.8 Å². The van der Waals surface area contributed by atoms with E-state index < -0.39 is 34.2 Å². The van der Waals surface area contributed by atoms with Crippen LogP contribution in [0.5, 0.6) is 0 Å². The van der Waals surface area contributed by atoms with Crippen LogP contribution in [0, 0.1) is 17.8 Å². The molecule has 202 valence electrons. The van der Waals surface area contributed by atoms with Gasteiger partial charge in [-0.05, 0) is 58.8 Å². The molecule has 36 heavy (non-hydrogen) atoms. The Morgan fingerprint density at radius 3 is 2.56 bits per heavy atom. The number of carbonyl (C=O) groups is 3. The fourth-order valence-electron chi connectivity index (χ4n) is 6.32. The van der Waals surface area contributed by atoms with Crippen molar-refractivity contribution in [2.45, 2.75) is 94.3 Å². The molecule has 2 bridgehead atoms. The molecular formula is C28H44N2O5S. The Morgan fingerprint density at radius 2 is 2.00 bits per heavy atom. The van der Waals surface area contributed by atoms with Crippen molar-refractivity contribution in [3.63, 3.8) is 0 Å². The second-order valence-corrected chi connectivity index (χ2v) is 13.4. The highest BCUT2D eigenvalue weighted by atomic mass is 32.2. The maximum absolute atomic E-state index is 14.4. The van der Waals surface area contributed by atoms with Crippen LogP contribution in [-0.2, 0) is 19.1 Å². The topological polar surface area (TPSA) is 87.1 Å². The van der Waals surface area contributed by atoms with Gasteiger partial charge in [-0.1, -0.05) is 26.0 Å². The second kappa shape index (κ2) is 11.3. The number of amides is 2. The number of rotatable bonds is 12. The molecular weight excluding hydrogens is 476 g/mol. The fourth-order valence-corrected chi connectivity index (χ4v) is 8.51. The molecule has 0 radical (unpaired) electrons. The highest BCUT2D eigenvalue weighted by Crippen LogP contribution is 2.67. The summed E-state index contributed by atoms with van der Waals surface area (Å²) in [5, 5.41) is 10.3. The molecule has 0 aromatic rings. The summed E-state index contributed by atoms with van der Waals surface area (Å²) in [6.45, 7) is 18.0. The van der Waals surface area contributed by atoms with Gasteiger partial charge in [0, 0.05) is 17.3 Å². The highest BCUT2D eigenvalue weighted by molar-refractivity contribution is 8.02. The molecule has 3 aliphatic heterocycles. The first-order chi connectivity index (χ1) is 16.9. The first-order valence-corrected chi connectivity index (χ1v) is 14.1. The Labute approximate surface area is 220 Å². The summed E-state index contributed by atoms with van der Waals surface area (Å²) >= 11 is 1.63. The lowest BCUT2D eigenvalue weighted by atomic mass is 9.71. The van der Waals surface area contributed by atoms with Gasteiger partial charge in [0.25, 0.3) is 0 Å². The average Bonchev–Trinajstić information content (AvgIpc) is 3.44. The SMILES string of the molecule is C=CCCCOC(=O)[C@@H]1[C@H]2C(=O)N([C@@H](CO)CC(C)C)C(C(=O)N(CC=C)C(C)(C)C)C23CC[C@H]1S3. The summed E-state index contributed by atoms with van der Waals surface area (Å²) in [5.74, 6) is -1.62. The van der Waals surface area contributed by atoms with Crippen LogP contribution in [0.3, 0.4) is 0 Å². The first-order valence-electron chi connectivity index (χ1n) is 13.2. The molecule has 0 aromatic heterocycles. The van der Waals surface area contributed by atoms with E-state index in [1.165, 1.54) is 0 Å². The number of carbonyl (C=O) groups excluding carboxylic acids is 3. The number of nitrogens with zero attached hydrogens (tertiary/aromatic N) is 2. The molecule has 0 aromatic carbocycles. The standard InChI is InChI=1S/C28H44N2O5S/c1-8-10-11-15-35-26(34)21-20-12-13-28(36-20)22(21)24(32)30(19(17-31)16-18(3)4)23(28)25(33)29(14-9-2)27(5,6)7/h8-9,18-23,31H,1-2,10-17H2,3-7H3/t19-,20-,21+,22+,23?,28?/m1/s1. The van der Waals surface area contributed by atoms with Crippen molar-refractivity contribution in [1.82, 2.24) is 9.80 Å². The number of hydrogen-bond donors (Lipinski definition) is 1. The van der Waals surface area contributed by atoms with Crippen molar-refractivity contribution in [1.29, 1.82) is 0 Å². The molecule has 7 nitrogen and oxygen atoms in total. The zero-order valence-electron chi connectivity index (χ0n) is 22.6. The van der Waals surface area contributed by atoms with E-state index in [-0.39, 0.29) is 35.6 Å². The van der Waals surface area contributed by atoms with Gasteiger partial charge in [0.1, 0.15) is 6.04 Å². The molecule has 0 saturated carbocycles. The van der Waals surface area contributed by atoms with Crippen LogP contribution in [0.1, 0.15) is 66.7 Å². The van der Waals surface area contributed by atoms with Gasteiger partial charge in [0.05, 0.1) is 35.8 Å². The largest absolute Gasteiger partial charge is 0.465 e. The number of hydrogen-bond acceptors (Lipinski definition) is 6. The van der Waals surface area contributed by atoms with Crippen molar-refractivity contribution >= 4 is 29.5 Å². The highest BCUT2D eigenvalue weighted by Gasteiger charge is 2.75. The maximum atomic E-state index is 14.4. The molecule has 6 atom stereocenters. The average molecular weight is 521 g/mol. The zero-order valence-corrected chi connectivity index (χ0v) is 23.4. The monoisotopic (exact) mass is 520 g/mol. The Bertz CT molecular complexity index is 868. The number of allylic oxidation sites excluding steroid dienone is 1. The Morgan fingerprint density at radius 1 is 1.31 bits per heavy atom. The lowest BCUT2D eigenvalue weighted by molar-refractivity contribution is -0.154. The van der Waals surface area contributed by atoms with Crippen LogP contribution in [0.2, 0.25) is 0 Å². The van der Waals surface area contributed by atoms with E-state index in [0.29, 0.717) is 32.4 Å². The molecule has 3 rings (SSSR count). The molecule has 3 saturated heterocycles. The lowest BCUT2D eigenvalue weighted by Crippen LogP contribution is -2.60. The van der Waals surface area contributed by atoms with Crippen molar-refractivity contribution < 1.29 is 24.2 Å². The quantitative estimate of drug-likeness (QED) is 0.239. The van der Waals surface area contributed by atoms with Crippen molar-refractivity contribution in [3.8, 4) is 0 Å². The predicted molar refractivity (Wildman–Crippen MR) is 143 cm³/mol. The third-order valence-corrected chi connectivity index (χ3v) is 9.73. The number of thioether (sulfide) groups is 1. The zero-order chi connectivity index (χ0) is 26.8. The Kier molecular flexibility index (Phi) is 9.03. The minimum absolute atomic E-state index is 0.0385. The molecule has 3 aliphatic rings. The number of unbranched alkanes of at least 4 members (excludes halogenated alkanes) is 1. The van der Waals surface area contributed by atoms with Crippen LogP contribution in [0.15, 0.2) is 25.3 Å². The van der Waals surface area contributed by atoms with Crippen LogP contribution >= 0.6 is 11.8 Å². The predicted octanol–water partition coefficient (Wildman–Crippen LogP) is 3.81. The molecule has 3 fully saturated rings. The molecule has 8 heteroatoms. The summed E-state index contributed by atoms with van der Waals surface area (Å²) in [6, 6.07) is -1.22. The summed E-state index contributed by atoms with van der Waals surface area (Å²) in [5.41, 5.74) is -0.480. The van der Waals surface area contributed by atoms with E-state index >= 15 is 0 Å². The third-order valence-electron chi connectivity index (χ3n) is 7.78. The summed E-state index contributed by atoms with van der Waals surface area (Å²) in [6.07, 6.45) is 6.99. The number of fused-ring (bicyclic) bond motifs is 1. The van der Waals surface area contributed by atoms with E-state index in [0.717, 1.165) is 12.8 Å². The number of esters is 1. The van der Waals surface area contributed by atoms with Gasteiger partial charge in [-0.25, -0.2) is 0 Å². The van der Waals surface area contributed by atoms with E-state index in [1.807, 2.05) is 34.6 Å². The third kappa shape index (κ3) is 5.13. The molecule has 3 heterocycles. The van der Waals surface area contributed by atoms with Gasteiger partial charge in [0.2, 0.25) is 11.8 Å². The molecule has 2 unspecified atom stereocenters. The lowest BCUT2D eigenvalue weighted by Gasteiger charge is -2.43. The van der Waals surface area contributed by atoms with Crippen LogP contribution < -0.4 is 0 Å². The second-order valence-electron chi connectivity index (χ2n) is 11.8. The number of aliphatic hydroxyl groups excluding tert-OH is 1. The Hall–Kier alpha value is -1.80. The summed E-state index contributed by atoms with van der Waals surface area (Å²) in [7, 11) is 0. The van der Waals surface area contributed by atoms with Gasteiger partial charge in [-0.2, -0.15) is 0 Å². The Balaban J connectivity index is 2.04. The molecule has 1 spiro atoms. The normalized spacial score (nSPS) is 29.9. The first kappa shape index (κ1) is 28.8. The van der Waals surface area contributed by atoms with E-state index in [1.54, 1.807) is 33.7 Å². The van der Waals surface area contributed by atoms with Crippen LogP contribution in [-0.4, -0.2) is 80.1 Å². The fraction of sp³-hybridized carbons (Fsp3) is 0.750. The van der Waals surface area contributed by atoms with E-state index in [9.17, 15) is 19.5 Å². The maximum Gasteiger partial charge on any atom is 0.310 e. The van der Waals surface area contributed by atoms with Gasteiger partial charge in [-0.15, -0.1) is 24.9 Å². The number of aliphatic hydroxyl groups is 1. The molecule has 2 amide bonds. The molecule has 0 aliphatic carbocycles. The van der Waals surface area contributed by atoms with Crippen molar-refractivity contribution in [3.05, 3.63) is 25.3 Å². The van der Waals surface area contributed by atoms with E-state index in [2.05, 4.69) is 13.2 Å². The summed E-state index contributed by atoms with van der Waals surface area (Å²) < 4.78 is 4.93.